The van der Waals surface area contributed by atoms with Crippen LogP contribution in [0.25, 0.3) is 0 Å². The minimum Gasteiger partial charge on any atom is -0.389 e. The van der Waals surface area contributed by atoms with Crippen LogP contribution in [0.3, 0.4) is 0 Å². The normalized spacial score (nSPS) is 14.8. The van der Waals surface area contributed by atoms with Crippen molar-refractivity contribution in [3.8, 4) is 0 Å². The zero-order valence-electron chi connectivity index (χ0n) is 9.30. The molecule has 0 spiro atoms. The number of aliphatic hydroxyl groups is 1. The van der Waals surface area contributed by atoms with Gasteiger partial charge < -0.3 is 5.11 Å². The maximum absolute atomic E-state index is 9.53. The molecule has 0 saturated carbocycles. The van der Waals surface area contributed by atoms with E-state index in [1.807, 2.05) is 13.8 Å². The van der Waals surface area contributed by atoms with E-state index in [2.05, 4.69) is 32.6 Å². The van der Waals surface area contributed by atoms with Gasteiger partial charge in [-0.1, -0.05) is 38.2 Å². The smallest absolute Gasteiger partial charge is 0.0745 e. The molecule has 13 heavy (non-hydrogen) atoms. The van der Waals surface area contributed by atoms with Crippen molar-refractivity contribution in [3.05, 3.63) is 24.3 Å². The van der Waals surface area contributed by atoms with Crippen molar-refractivity contribution in [1.29, 1.82) is 0 Å². The zero-order chi connectivity index (χ0) is 10.5. The summed E-state index contributed by atoms with van der Waals surface area (Å²) in [6.07, 6.45) is 5.69. The summed E-state index contributed by atoms with van der Waals surface area (Å²) in [5.74, 6) is 0. The van der Waals surface area contributed by atoms with Crippen molar-refractivity contribution in [1.82, 2.24) is 0 Å². The summed E-state index contributed by atoms with van der Waals surface area (Å²) in [6, 6.07) is 0. The summed E-state index contributed by atoms with van der Waals surface area (Å²) in [4.78, 5) is 0. The Balaban J connectivity index is 3.94. The third kappa shape index (κ3) is 5.64. The van der Waals surface area contributed by atoms with Crippen LogP contribution in [0.1, 0.15) is 40.5 Å². The van der Waals surface area contributed by atoms with Gasteiger partial charge in [0.15, 0.2) is 0 Å². The van der Waals surface area contributed by atoms with E-state index in [1.165, 1.54) is 0 Å². The first-order valence-electron chi connectivity index (χ1n) is 4.86. The Kier molecular flexibility index (Phi) is 5.01. The molecular weight excluding hydrogens is 160 g/mol. The molecule has 0 aliphatic heterocycles. The molecule has 0 amide bonds. The summed E-state index contributed by atoms with van der Waals surface area (Å²) in [5, 5.41) is 9.53. The summed E-state index contributed by atoms with van der Waals surface area (Å²) in [5.41, 5.74) is 1.04. The van der Waals surface area contributed by atoms with Gasteiger partial charge in [0.05, 0.1) is 6.10 Å². The topological polar surface area (TPSA) is 20.2 Å². The van der Waals surface area contributed by atoms with E-state index in [0.29, 0.717) is 0 Å². The summed E-state index contributed by atoms with van der Waals surface area (Å²) >= 11 is 0. The lowest BCUT2D eigenvalue weighted by atomic mass is 9.85. The lowest BCUT2D eigenvalue weighted by Crippen LogP contribution is -2.14. The molecule has 1 heteroatoms. The number of hydrogen-bond acceptors (Lipinski definition) is 1. The highest BCUT2D eigenvalue weighted by atomic mass is 16.3. The molecule has 76 valence electrons. The largest absolute Gasteiger partial charge is 0.389 e. The molecule has 1 N–H and O–H groups in total. The minimum absolute atomic E-state index is 0.186. The van der Waals surface area contributed by atoms with E-state index in [-0.39, 0.29) is 11.5 Å². The van der Waals surface area contributed by atoms with E-state index in [1.54, 1.807) is 0 Å². The average Bonchev–Trinajstić information content (AvgIpc) is 2.00. The molecular formula is C12H22O. The predicted octanol–water partition coefficient (Wildman–Crippen LogP) is 3.31. The van der Waals surface area contributed by atoms with Gasteiger partial charge in [-0.25, -0.2) is 0 Å². The highest BCUT2D eigenvalue weighted by Gasteiger charge is 2.15. The fourth-order valence-corrected chi connectivity index (χ4v) is 1.29. The second-order valence-electron chi connectivity index (χ2n) is 4.39. The van der Waals surface area contributed by atoms with E-state index >= 15 is 0 Å². The van der Waals surface area contributed by atoms with Gasteiger partial charge in [0.1, 0.15) is 0 Å². The maximum Gasteiger partial charge on any atom is 0.0745 e. The lowest BCUT2D eigenvalue weighted by Gasteiger charge is -2.21. The minimum atomic E-state index is -0.343. The van der Waals surface area contributed by atoms with Crippen molar-refractivity contribution in [2.75, 3.05) is 0 Å². The third-order valence-corrected chi connectivity index (χ3v) is 2.25. The van der Waals surface area contributed by atoms with Crippen LogP contribution < -0.4 is 0 Å². The maximum atomic E-state index is 9.53. The molecule has 0 radical (unpaired) electrons. The summed E-state index contributed by atoms with van der Waals surface area (Å²) in [7, 11) is 0. The van der Waals surface area contributed by atoms with Gasteiger partial charge in [0.2, 0.25) is 0 Å². The third-order valence-electron chi connectivity index (χ3n) is 2.25. The van der Waals surface area contributed by atoms with Crippen LogP contribution in [0.2, 0.25) is 0 Å². The van der Waals surface area contributed by atoms with Crippen molar-refractivity contribution in [3.63, 3.8) is 0 Å². The Labute approximate surface area is 82.2 Å². The summed E-state index contributed by atoms with van der Waals surface area (Å²) in [6.45, 7) is 12.0. The molecule has 0 rings (SSSR count). The second kappa shape index (κ2) is 5.23. The first-order chi connectivity index (χ1) is 5.89. The van der Waals surface area contributed by atoms with E-state index < -0.39 is 0 Å². The van der Waals surface area contributed by atoms with Crippen molar-refractivity contribution in [2.24, 2.45) is 5.41 Å². The molecule has 1 atom stereocenters. The first-order valence-corrected chi connectivity index (χ1v) is 4.86. The zero-order valence-corrected chi connectivity index (χ0v) is 9.30. The molecule has 0 aliphatic rings. The van der Waals surface area contributed by atoms with Crippen LogP contribution in [-0.4, -0.2) is 11.2 Å². The first kappa shape index (κ1) is 12.4. The van der Waals surface area contributed by atoms with Gasteiger partial charge in [0, 0.05) is 0 Å². The van der Waals surface area contributed by atoms with Crippen LogP contribution in [-0.2, 0) is 0 Å². The Morgan fingerprint density at radius 1 is 1.54 bits per heavy atom. The Morgan fingerprint density at radius 2 is 2.08 bits per heavy atom. The molecule has 0 aromatic rings. The van der Waals surface area contributed by atoms with Crippen LogP contribution in [0, 0.1) is 5.41 Å². The Morgan fingerprint density at radius 3 is 2.46 bits per heavy atom. The SMILES string of the molecule is C=C(C)C(O)CCC(C)(C)C=CC. The van der Waals surface area contributed by atoms with Gasteiger partial charge in [-0.15, -0.1) is 0 Å². The van der Waals surface area contributed by atoms with E-state index in [9.17, 15) is 5.11 Å². The average molecular weight is 182 g/mol. The van der Waals surface area contributed by atoms with Crippen molar-refractivity contribution in [2.45, 2.75) is 46.6 Å². The molecule has 0 saturated heterocycles. The van der Waals surface area contributed by atoms with Gasteiger partial charge in [-0.2, -0.15) is 0 Å². The molecule has 0 aromatic carbocycles. The highest BCUT2D eigenvalue weighted by Crippen LogP contribution is 2.25. The summed E-state index contributed by atoms with van der Waals surface area (Å²) < 4.78 is 0. The van der Waals surface area contributed by atoms with Crippen LogP contribution >= 0.6 is 0 Å². The van der Waals surface area contributed by atoms with Crippen LogP contribution in [0.4, 0.5) is 0 Å². The Hall–Kier alpha value is -0.560. The molecule has 0 aliphatic carbocycles. The molecule has 1 unspecified atom stereocenters. The monoisotopic (exact) mass is 182 g/mol. The van der Waals surface area contributed by atoms with E-state index in [0.717, 1.165) is 18.4 Å². The van der Waals surface area contributed by atoms with Crippen LogP contribution in [0.5, 0.6) is 0 Å². The fraction of sp³-hybridized carbons (Fsp3) is 0.667. The lowest BCUT2D eigenvalue weighted by molar-refractivity contribution is 0.183. The fourth-order valence-electron chi connectivity index (χ4n) is 1.29. The van der Waals surface area contributed by atoms with Gasteiger partial charge in [0.25, 0.3) is 0 Å². The standard InChI is InChI=1S/C12H22O/c1-6-8-12(4,5)9-7-11(13)10(2)3/h6,8,11,13H,2,7,9H2,1,3-5H3. The predicted molar refractivity (Wildman–Crippen MR) is 58.6 cm³/mol. The molecule has 1 nitrogen and oxygen atoms in total. The van der Waals surface area contributed by atoms with Gasteiger partial charge in [-0.3, -0.25) is 0 Å². The van der Waals surface area contributed by atoms with Crippen LogP contribution in [0.15, 0.2) is 24.3 Å². The van der Waals surface area contributed by atoms with E-state index in [4.69, 9.17) is 0 Å². The second-order valence-corrected chi connectivity index (χ2v) is 4.39. The molecule has 0 heterocycles. The number of allylic oxidation sites excluding steroid dienone is 2. The van der Waals surface area contributed by atoms with Gasteiger partial charge >= 0.3 is 0 Å². The number of aliphatic hydroxyl groups excluding tert-OH is 1. The van der Waals surface area contributed by atoms with Crippen molar-refractivity contribution < 1.29 is 5.11 Å². The highest BCUT2D eigenvalue weighted by molar-refractivity contribution is 4.99. The number of rotatable bonds is 5. The quantitative estimate of drug-likeness (QED) is 0.647. The Bertz CT molecular complexity index is 189. The van der Waals surface area contributed by atoms with Gasteiger partial charge in [-0.05, 0) is 32.1 Å². The molecule has 0 bridgehead atoms. The number of hydrogen-bond donors (Lipinski definition) is 1. The molecule has 0 fully saturated rings. The van der Waals surface area contributed by atoms with Crippen molar-refractivity contribution >= 4 is 0 Å². The molecule has 0 aromatic heterocycles.